The molecule has 0 amide bonds. The van der Waals surface area contributed by atoms with Crippen LogP contribution in [0.1, 0.15) is 22.2 Å². The highest BCUT2D eigenvalue weighted by molar-refractivity contribution is 9.11. The number of hydrogen-bond donors (Lipinski definition) is 2. The van der Waals surface area contributed by atoms with Crippen molar-refractivity contribution < 1.29 is 0 Å². The molecule has 3 aromatic rings. The topological polar surface area (TPSA) is 27.8 Å². The number of thiophene rings is 1. The van der Waals surface area contributed by atoms with E-state index in [1.807, 2.05) is 0 Å². The van der Waals surface area contributed by atoms with Crippen LogP contribution in [-0.2, 0) is 6.42 Å². The predicted octanol–water partition coefficient (Wildman–Crippen LogP) is 4.99. The highest BCUT2D eigenvalue weighted by Crippen LogP contribution is 2.37. The number of nitrogens with one attached hydrogen (secondary N) is 2. The van der Waals surface area contributed by atoms with E-state index < -0.39 is 0 Å². The number of halogens is 2. The average Bonchev–Trinajstić information content (AvgIpc) is 3.02. The molecule has 3 heterocycles. The second-order valence-electron chi connectivity index (χ2n) is 4.99. The molecule has 1 unspecified atom stereocenters. The van der Waals surface area contributed by atoms with Gasteiger partial charge in [0.1, 0.15) is 0 Å². The summed E-state index contributed by atoms with van der Waals surface area (Å²) in [5.74, 6) is 0. The van der Waals surface area contributed by atoms with Crippen molar-refractivity contribution in [1.29, 1.82) is 0 Å². The molecule has 0 fully saturated rings. The maximum Gasteiger partial charge on any atom is 0.0826 e. The second-order valence-corrected chi connectivity index (χ2v) is 8.40. The van der Waals surface area contributed by atoms with Gasteiger partial charge >= 0.3 is 0 Å². The van der Waals surface area contributed by atoms with E-state index in [1.165, 1.54) is 30.8 Å². The summed E-state index contributed by atoms with van der Waals surface area (Å²) in [6, 6.07) is 11.1. The molecule has 0 bridgehead atoms. The van der Waals surface area contributed by atoms with Gasteiger partial charge in [-0.05, 0) is 58.2 Å². The van der Waals surface area contributed by atoms with E-state index in [9.17, 15) is 0 Å². The summed E-state index contributed by atoms with van der Waals surface area (Å²) in [5.41, 5.74) is 4.00. The lowest BCUT2D eigenvalue weighted by atomic mass is 9.98. The standard InChI is InChI=1S/C15H12Br2N2S/c16-8-1-2-11-10(7-8)9-5-6-18-15(14(9)19-11)12-3-4-13(17)20-12/h1-4,7,15,18-19H,5-6H2. The minimum atomic E-state index is 0.279. The summed E-state index contributed by atoms with van der Waals surface area (Å²) in [5, 5.41) is 4.97. The van der Waals surface area contributed by atoms with E-state index in [2.05, 4.69) is 72.5 Å². The van der Waals surface area contributed by atoms with E-state index in [1.54, 1.807) is 11.3 Å². The fraction of sp³-hybridized carbons (Fsp3) is 0.200. The fourth-order valence-corrected chi connectivity index (χ4v) is 4.80. The Hall–Kier alpha value is -0.620. The SMILES string of the molecule is Brc1ccc2[nH]c3c(c2c1)CCNC3c1ccc(Br)s1. The lowest BCUT2D eigenvalue weighted by molar-refractivity contribution is 0.567. The zero-order valence-electron chi connectivity index (χ0n) is 10.5. The van der Waals surface area contributed by atoms with Crippen LogP contribution in [-0.4, -0.2) is 11.5 Å². The molecule has 2 N–H and O–H groups in total. The van der Waals surface area contributed by atoms with Gasteiger partial charge in [0.15, 0.2) is 0 Å². The number of aromatic nitrogens is 1. The smallest absolute Gasteiger partial charge is 0.0826 e. The predicted molar refractivity (Wildman–Crippen MR) is 91.6 cm³/mol. The number of H-pyrrole nitrogens is 1. The second kappa shape index (κ2) is 4.98. The third-order valence-corrected chi connectivity index (χ3v) is 5.97. The third-order valence-electron chi connectivity index (χ3n) is 3.79. The highest BCUT2D eigenvalue weighted by atomic mass is 79.9. The van der Waals surface area contributed by atoms with E-state index >= 15 is 0 Å². The monoisotopic (exact) mass is 410 g/mol. The lowest BCUT2D eigenvalue weighted by Crippen LogP contribution is -2.29. The molecule has 2 aromatic heterocycles. The summed E-state index contributed by atoms with van der Waals surface area (Å²) in [6.45, 7) is 1.02. The molecule has 0 saturated carbocycles. The Labute approximate surface area is 137 Å². The number of fused-ring (bicyclic) bond motifs is 3. The van der Waals surface area contributed by atoms with Gasteiger partial charge in [-0.1, -0.05) is 15.9 Å². The van der Waals surface area contributed by atoms with E-state index in [0.29, 0.717) is 0 Å². The van der Waals surface area contributed by atoms with Crippen LogP contribution in [0, 0.1) is 0 Å². The van der Waals surface area contributed by atoms with Crippen molar-refractivity contribution in [3.05, 3.63) is 54.7 Å². The van der Waals surface area contributed by atoms with Crippen molar-refractivity contribution >= 4 is 54.1 Å². The van der Waals surface area contributed by atoms with Crippen LogP contribution >= 0.6 is 43.2 Å². The molecule has 2 nitrogen and oxygen atoms in total. The van der Waals surface area contributed by atoms with Crippen LogP contribution in [0.25, 0.3) is 10.9 Å². The zero-order valence-corrected chi connectivity index (χ0v) is 14.5. The summed E-state index contributed by atoms with van der Waals surface area (Å²) >= 11 is 8.93. The molecule has 1 aliphatic rings. The first kappa shape index (κ1) is 13.1. The maximum absolute atomic E-state index is 3.63. The molecule has 1 aromatic carbocycles. The molecule has 1 aliphatic heterocycles. The molecule has 5 heteroatoms. The first-order chi connectivity index (χ1) is 9.72. The average molecular weight is 412 g/mol. The lowest BCUT2D eigenvalue weighted by Gasteiger charge is -2.23. The molecule has 0 radical (unpaired) electrons. The van der Waals surface area contributed by atoms with Gasteiger partial charge in [-0.15, -0.1) is 11.3 Å². The van der Waals surface area contributed by atoms with Gasteiger partial charge in [0.05, 0.1) is 9.83 Å². The van der Waals surface area contributed by atoms with Gasteiger partial charge in [-0.3, -0.25) is 0 Å². The molecule has 4 rings (SSSR count). The van der Waals surface area contributed by atoms with Crippen LogP contribution in [0.15, 0.2) is 38.6 Å². The van der Waals surface area contributed by atoms with Crippen LogP contribution in [0.5, 0.6) is 0 Å². The molecule has 0 aliphatic carbocycles. The third kappa shape index (κ3) is 2.08. The van der Waals surface area contributed by atoms with Crippen LogP contribution < -0.4 is 5.32 Å². The summed E-state index contributed by atoms with van der Waals surface area (Å²) in [4.78, 5) is 4.96. The minimum absolute atomic E-state index is 0.279. The van der Waals surface area contributed by atoms with Crippen LogP contribution in [0.4, 0.5) is 0 Å². The van der Waals surface area contributed by atoms with E-state index in [0.717, 1.165) is 17.4 Å². The summed E-state index contributed by atoms with van der Waals surface area (Å²) in [7, 11) is 0. The van der Waals surface area contributed by atoms with Crippen molar-refractivity contribution in [2.75, 3.05) is 6.54 Å². The van der Waals surface area contributed by atoms with Gasteiger partial charge in [0, 0.05) is 32.5 Å². The Morgan fingerprint density at radius 2 is 2.05 bits per heavy atom. The Bertz CT molecular complexity index is 790. The van der Waals surface area contributed by atoms with Crippen molar-refractivity contribution in [2.45, 2.75) is 12.5 Å². The van der Waals surface area contributed by atoms with Crippen molar-refractivity contribution in [1.82, 2.24) is 10.3 Å². The van der Waals surface area contributed by atoms with Gasteiger partial charge in [-0.2, -0.15) is 0 Å². The van der Waals surface area contributed by atoms with Gasteiger partial charge in [0.2, 0.25) is 0 Å². The molecule has 102 valence electrons. The Kier molecular flexibility index (Phi) is 3.26. The van der Waals surface area contributed by atoms with Crippen LogP contribution in [0.2, 0.25) is 0 Å². The minimum Gasteiger partial charge on any atom is -0.357 e. The quantitative estimate of drug-likeness (QED) is 0.579. The Balaban J connectivity index is 1.90. The van der Waals surface area contributed by atoms with Crippen molar-refractivity contribution in [3.63, 3.8) is 0 Å². The largest absolute Gasteiger partial charge is 0.357 e. The van der Waals surface area contributed by atoms with Crippen molar-refractivity contribution in [3.8, 4) is 0 Å². The number of aromatic amines is 1. The molecule has 0 spiro atoms. The van der Waals surface area contributed by atoms with Gasteiger partial charge < -0.3 is 10.3 Å². The molecule has 1 atom stereocenters. The fourth-order valence-electron chi connectivity index (χ4n) is 2.93. The first-order valence-electron chi connectivity index (χ1n) is 6.51. The Morgan fingerprint density at radius 3 is 2.85 bits per heavy atom. The normalized spacial score (nSPS) is 18.4. The Morgan fingerprint density at radius 1 is 1.15 bits per heavy atom. The van der Waals surface area contributed by atoms with Crippen molar-refractivity contribution in [2.24, 2.45) is 0 Å². The van der Waals surface area contributed by atoms with Crippen LogP contribution in [0.3, 0.4) is 0 Å². The molecule has 0 saturated heterocycles. The number of rotatable bonds is 1. The van der Waals surface area contributed by atoms with Gasteiger partial charge in [-0.25, -0.2) is 0 Å². The maximum atomic E-state index is 3.63. The van der Waals surface area contributed by atoms with E-state index in [-0.39, 0.29) is 6.04 Å². The first-order valence-corrected chi connectivity index (χ1v) is 8.91. The van der Waals surface area contributed by atoms with E-state index in [4.69, 9.17) is 0 Å². The number of benzene rings is 1. The van der Waals surface area contributed by atoms with Gasteiger partial charge in [0.25, 0.3) is 0 Å². The zero-order chi connectivity index (χ0) is 13.7. The summed E-state index contributed by atoms with van der Waals surface area (Å²) in [6.07, 6.45) is 1.08. The summed E-state index contributed by atoms with van der Waals surface area (Å²) < 4.78 is 2.32. The molecular formula is C15H12Br2N2S. The molecule has 20 heavy (non-hydrogen) atoms. The highest BCUT2D eigenvalue weighted by Gasteiger charge is 2.26. The molecular weight excluding hydrogens is 400 g/mol. The number of hydrogen-bond acceptors (Lipinski definition) is 2.